The number of nitrogens with zero attached hydrogens (tertiary/aromatic N) is 4. The summed E-state index contributed by atoms with van der Waals surface area (Å²) in [5.41, 5.74) is 0.432. The molecule has 0 fully saturated rings. The van der Waals surface area contributed by atoms with E-state index in [1.54, 1.807) is 34.7 Å². The van der Waals surface area contributed by atoms with Gasteiger partial charge in [-0.25, -0.2) is 0 Å². The highest BCUT2D eigenvalue weighted by Gasteiger charge is 2.27. The summed E-state index contributed by atoms with van der Waals surface area (Å²) in [5, 5.41) is 9.13. The molecule has 2 aromatic heterocycles. The molecule has 0 radical (unpaired) electrons. The number of alkyl halides is 3. The number of hydrogen-bond acceptors (Lipinski definition) is 5. The topological polar surface area (TPSA) is 61.4 Å². The highest BCUT2D eigenvalue weighted by atomic mass is 32.2. The van der Waals surface area contributed by atoms with E-state index >= 15 is 0 Å². The van der Waals surface area contributed by atoms with Gasteiger partial charge in [-0.3, -0.25) is 13.8 Å². The molecule has 0 aliphatic rings. The van der Waals surface area contributed by atoms with Crippen molar-refractivity contribution in [3.8, 4) is 0 Å². The van der Waals surface area contributed by atoms with E-state index < -0.39 is 12.8 Å². The summed E-state index contributed by atoms with van der Waals surface area (Å²) in [5.74, 6) is 0.624. The van der Waals surface area contributed by atoms with E-state index in [0.717, 1.165) is 0 Å². The van der Waals surface area contributed by atoms with Crippen molar-refractivity contribution < 1.29 is 17.9 Å². The van der Waals surface area contributed by atoms with Crippen LogP contribution in [0.2, 0.25) is 0 Å². The summed E-state index contributed by atoms with van der Waals surface area (Å²) >= 11 is 1.21. The first-order valence-corrected chi connectivity index (χ1v) is 8.66. The van der Waals surface area contributed by atoms with E-state index in [0.29, 0.717) is 21.8 Å². The lowest BCUT2D eigenvalue weighted by atomic mass is 10.2. The minimum Gasteiger partial charge on any atom is -0.371 e. The Balaban J connectivity index is 1.93. The van der Waals surface area contributed by atoms with Gasteiger partial charge in [0.05, 0.1) is 17.5 Å². The molecular formula is C16H15F3N4O2S. The number of aromatic nitrogens is 4. The van der Waals surface area contributed by atoms with Crippen LogP contribution in [0, 0.1) is 0 Å². The van der Waals surface area contributed by atoms with Gasteiger partial charge in [0, 0.05) is 12.3 Å². The summed E-state index contributed by atoms with van der Waals surface area (Å²) in [6.45, 7) is 2.56. The number of ether oxygens (including phenoxy) is 1. The van der Waals surface area contributed by atoms with Crippen LogP contribution in [0.15, 0.2) is 46.9 Å². The van der Waals surface area contributed by atoms with Crippen LogP contribution in [0.25, 0.3) is 16.7 Å². The SMILES string of the molecule is C=CCn1c(=O)c2ccccc2n2c(SCCOCC(F)(F)F)nnc12. The summed E-state index contributed by atoms with van der Waals surface area (Å²) in [6.07, 6.45) is -2.76. The van der Waals surface area contributed by atoms with E-state index in [4.69, 9.17) is 0 Å². The van der Waals surface area contributed by atoms with E-state index in [1.165, 1.54) is 16.3 Å². The molecule has 3 aromatic rings. The molecule has 1 aromatic carbocycles. The van der Waals surface area contributed by atoms with E-state index in [9.17, 15) is 18.0 Å². The molecule has 2 heterocycles. The van der Waals surface area contributed by atoms with Crippen molar-refractivity contribution in [2.75, 3.05) is 19.0 Å². The zero-order chi connectivity index (χ0) is 18.7. The Morgan fingerprint density at radius 1 is 1.27 bits per heavy atom. The second-order valence-electron chi connectivity index (χ2n) is 5.36. The molecule has 10 heteroatoms. The number of fused-ring (bicyclic) bond motifs is 3. The molecule has 0 N–H and O–H groups in total. The lowest BCUT2D eigenvalue weighted by molar-refractivity contribution is -0.172. The van der Waals surface area contributed by atoms with Crippen molar-refractivity contribution in [1.29, 1.82) is 0 Å². The van der Waals surface area contributed by atoms with Crippen LogP contribution in [0.1, 0.15) is 0 Å². The molecule has 0 aliphatic heterocycles. The lowest BCUT2D eigenvalue weighted by Gasteiger charge is -2.10. The molecule has 0 saturated heterocycles. The zero-order valence-corrected chi connectivity index (χ0v) is 14.4. The predicted molar refractivity (Wildman–Crippen MR) is 92.5 cm³/mol. The van der Waals surface area contributed by atoms with Crippen molar-refractivity contribution in [2.45, 2.75) is 17.9 Å². The second kappa shape index (κ2) is 7.50. The third kappa shape index (κ3) is 3.75. The zero-order valence-electron chi connectivity index (χ0n) is 13.6. The number of hydrogen-bond donors (Lipinski definition) is 0. The molecule has 6 nitrogen and oxygen atoms in total. The third-order valence-electron chi connectivity index (χ3n) is 3.51. The van der Waals surface area contributed by atoms with E-state index in [-0.39, 0.29) is 24.5 Å². The quantitative estimate of drug-likeness (QED) is 0.356. The van der Waals surface area contributed by atoms with Crippen LogP contribution in [0.4, 0.5) is 13.2 Å². The van der Waals surface area contributed by atoms with Gasteiger partial charge < -0.3 is 4.74 Å². The molecule has 0 atom stereocenters. The Hall–Kier alpha value is -2.33. The van der Waals surface area contributed by atoms with Crippen molar-refractivity contribution in [2.24, 2.45) is 0 Å². The number of thioether (sulfide) groups is 1. The monoisotopic (exact) mass is 384 g/mol. The molecule has 0 unspecified atom stereocenters. The highest BCUT2D eigenvalue weighted by molar-refractivity contribution is 7.99. The maximum absolute atomic E-state index is 12.6. The normalized spacial score (nSPS) is 12.1. The number of benzene rings is 1. The molecule has 0 amide bonds. The molecule has 0 aliphatic carbocycles. The fraction of sp³-hybridized carbons (Fsp3) is 0.312. The second-order valence-corrected chi connectivity index (χ2v) is 6.42. The third-order valence-corrected chi connectivity index (χ3v) is 4.41. The van der Waals surface area contributed by atoms with Gasteiger partial charge in [0.1, 0.15) is 6.61 Å². The fourth-order valence-electron chi connectivity index (χ4n) is 2.50. The van der Waals surface area contributed by atoms with Crippen LogP contribution in [-0.4, -0.2) is 44.3 Å². The summed E-state index contributed by atoms with van der Waals surface area (Å²) in [4.78, 5) is 12.6. The minimum absolute atomic E-state index is 0.0800. The van der Waals surface area contributed by atoms with Gasteiger partial charge in [-0.15, -0.1) is 16.8 Å². The van der Waals surface area contributed by atoms with Gasteiger partial charge in [0.25, 0.3) is 5.56 Å². The van der Waals surface area contributed by atoms with Crippen molar-refractivity contribution in [3.05, 3.63) is 47.3 Å². The number of rotatable bonds is 7. The highest BCUT2D eigenvalue weighted by Crippen LogP contribution is 2.22. The molecule has 3 rings (SSSR count). The van der Waals surface area contributed by atoms with E-state index in [1.807, 2.05) is 0 Å². The van der Waals surface area contributed by atoms with Crippen molar-refractivity contribution >= 4 is 28.4 Å². The van der Waals surface area contributed by atoms with E-state index in [2.05, 4.69) is 21.5 Å². The van der Waals surface area contributed by atoms with Crippen LogP contribution >= 0.6 is 11.8 Å². The average molecular weight is 384 g/mol. The number of para-hydroxylation sites is 1. The lowest BCUT2D eigenvalue weighted by Crippen LogP contribution is -2.22. The van der Waals surface area contributed by atoms with Crippen molar-refractivity contribution in [3.63, 3.8) is 0 Å². The Morgan fingerprint density at radius 3 is 2.77 bits per heavy atom. The minimum atomic E-state index is -4.34. The molecule has 138 valence electrons. The number of halogens is 3. The smallest absolute Gasteiger partial charge is 0.371 e. The van der Waals surface area contributed by atoms with Gasteiger partial charge in [-0.1, -0.05) is 30.0 Å². The Morgan fingerprint density at radius 2 is 2.04 bits per heavy atom. The largest absolute Gasteiger partial charge is 0.411 e. The maximum Gasteiger partial charge on any atom is 0.411 e. The van der Waals surface area contributed by atoms with Gasteiger partial charge in [0.2, 0.25) is 5.78 Å². The van der Waals surface area contributed by atoms with Crippen molar-refractivity contribution in [1.82, 2.24) is 19.2 Å². The van der Waals surface area contributed by atoms with Gasteiger partial charge in [-0.2, -0.15) is 13.2 Å². The predicted octanol–water partition coefficient (Wildman–Crippen LogP) is 2.90. The van der Waals surface area contributed by atoms with Crippen LogP contribution in [0.5, 0.6) is 0 Å². The summed E-state index contributed by atoms with van der Waals surface area (Å²) in [6, 6.07) is 7.03. The van der Waals surface area contributed by atoms with Crippen LogP contribution in [0.3, 0.4) is 0 Å². The summed E-state index contributed by atoms with van der Waals surface area (Å²) in [7, 11) is 0. The first kappa shape index (κ1) is 18.5. The Labute approximate surface area is 150 Å². The van der Waals surface area contributed by atoms with Gasteiger partial charge in [-0.05, 0) is 12.1 Å². The van der Waals surface area contributed by atoms with Crippen LogP contribution < -0.4 is 5.56 Å². The molecule has 0 spiro atoms. The molecule has 0 bridgehead atoms. The van der Waals surface area contributed by atoms with Gasteiger partial charge >= 0.3 is 6.18 Å². The maximum atomic E-state index is 12.6. The first-order chi connectivity index (χ1) is 12.4. The number of allylic oxidation sites excluding steroid dienone is 1. The molecule has 26 heavy (non-hydrogen) atoms. The first-order valence-electron chi connectivity index (χ1n) is 7.67. The fourth-order valence-corrected chi connectivity index (χ4v) is 3.29. The van der Waals surface area contributed by atoms with Gasteiger partial charge in [0.15, 0.2) is 5.16 Å². The molecular weight excluding hydrogens is 369 g/mol. The molecule has 0 saturated carbocycles. The summed E-state index contributed by atoms with van der Waals surface area (Å²) < 4.78 is 44.1. The Kier molecular flexibility index (Phi) is 5.33. The standard InChI is InChI=1S/C16H15F3N4O2S/c1-2-7-22-13(24)11-5-3-4-6-12(11)23-14(22)20-21-15(23)26-9-8-25-10-16(17,18)19/h2-6H,1,7-10H2. The van der Waals surface area contributed by atoms with Crippen LogP contribution in [-0.2, 0) is 11.3 Å². The Bertz CT molecular complexity index is 997. The average Bonchev–Trinajstić information content (AvgIpc) is 3.01.